The predicted molar refractivity (Wildman–Crippen MR) is 105 cm³/mol. The molecule has 29 heavy (non-hydrogen) atoms. The number of aliphatic hydroxyl groups excluding tert-OH is 1. The Morgan fingerprint density at radius 2 is 1.97 bits per heavy atom. The highest BCUT2D eigenvalue weighted by atomic mass is 19.4. The molecule has 1 saturated heterocycles. The van der Waals surface area contributed by atoms with Gasteiger partial charge in [-0.3, -0.25) is 4.90 Å². The third kappa shape index (κ3) is 5.61. The molecule has 1 aliphatic rings. The van der Waals surface area contributed by atoms with E-state index < -0.39 is 11.7 Å². The number of aromatic nitrogens is 1. The van der Waals surface area contributed by atoms with Gasteiger partial charge in [0.05, 0.1) is 17.4 Å². The number of nitrogen functional groups attached to an aromatic ring is 1. The van der Waals surface area contributed by atoms with Crippen molar-refractivity contribution in [2.75, 3.05) is 24.2 Å². The maximum Gasteiger partial charge on any atom is 0.416 e. The first kappa shape index (κ1) is 20.9. The standard InChI is InChI=1S/C20H24F3N5O/c1-14(25-16-9-7-15(8-10-16)20(21,22)23)26-19-6-2-4-17(28(19)24)12-27-11-3-5-18(29)13-27/h2,4,6-10,18,25,29H,1,3,5,11-13,24H2/t18-/m0/s1. The zero-order valence-corrected chi connectivity index (χ0v) is 15.9. The number of pyridine rings is 1. The number of nitrogens with one attached hydrogen (secondary N) is 1. The Hall–Kier alpha value is -2.78. The lowest BCUT2D eigenvalue weighted by Crippen LogP contribution is -2.40. The Morgan fingerprint density at radius 1 is 1.24 bits per heavy atom. The fourth-order valence-electron chi connectivity index (χ4n) is 3.25. The number of anilines is 1. The molecule has 1 atom stereocenters. The Morgan fingerprint density at radius 3 is 2.62 bits per heavy atom. The quantitative estimate of drug-likeness (QED) is 0.666. The topological polar surface area (TPSA) is 78.8 Å². The van der Waals surface area contributed by atoms with Gasteiger partial charge in [-0.1, -0.05) is 12.6 Å². The number of halogens is 3. The number of alkyl halides is 3. The first-order valence-corrected chi connectivity index (χ1v) is 9.27. The van der Waals surface area contributed by atoms with Gasteiger partial charge in [0.15, 0.2) is 5.49 Å². The molecule has 9 heteroatoms. The number of hydrogen-bond donors (Lipinski definition) is 3. The molecule has 1 aliphatic heterocycles. The van der Waals surface area contributed by atoms with Gasteiger partial charge in [0.25, 0.3) is 0 Å². The van der Waals surface area contributed by atoms with E-state index in [1.54, 1.807) is 6.07 Å². The molecule has 4 N–H and O–H groups in total. The molecule has 0 bridgehead atoms. The molecule has 0 amide bonds. The SMILES string of the molecule is C=C(N=c1cccc(CN2CCC[C@H](O)C2)n1N)Nc1ccc(C(F)(F)F)cc1. The van der Waals surface area contributed by atoms with E-state index in [0.29, 0.717) is 24.3 Å². The van der Waals surface area contributed by atoms with Crippen LogP contribution in [0.25, 0.3) is 0 Å². The third-order valence-corrected chi connectivity index (χ3v) is 4.71. The van der Waals surface area contributed by atoms with Gasteiger partial charge in [0.2, 0.25) is 0 Å². The lowest BCUT2D eigenvalue weighted by Gasteiger charge is -2.30. The van der Waals surface area contributed by atoms with E-state index in [1.807, 2.05) is 12.1 Å². The molecular weight excluding hydrogens is 383 g/mol. The molecule has 1 aromatic heterocycles. The van der Waals surface area contributed by atoms with E-state index >= 15 is 0 Å². The average Bonchev–Trinajstić information content (AvgIpc) is 2.65. The number of likely N-dealkylation sites (tertiary alicyclic amines) is 1. The minimum Gasteiger partial charge on any atom is -0.392 e. The van der Waals surface area contributed by atoms with Crippen LogP contribution < -0.4 is 16.6 Å². The largest absolute Gasteiger partial charge is 0.416 e. The van der Waals surface area contributed by atoms with Crippen molar-refractivity contribution in [1.29, 1.82) is 0 Å². The maximum absolute atomic E-state index is 12.7. The number of nitrogens with zero attached hydrogens (tertiary/aromatic N) is 3. The highest BCUT2D eigenvalue weighted by Gasteiger charge is 2.29. The van der Waals surface area contributed by atoms with Crippen molar-refractivity contribution in [3.05, 3.63) is 71.6 Å². The second kappa shape index (κ2) is 8.71. The number of hydrogen-bond acceptors (Lipinski definition) is 5. The predicted octanol–water partition coefficient (Wildman–Crippen LogP) is 2.66. The molecule has 0 radical (unpaired) electrons. The highest BCUT2D eigenvalue weighted by molar-refractivity contribution is 5.49. The van der Waals surface area contributed by atoms with Gasteiger partial charge < -0.3 is 16.3 Å². The Labute approximate surface area is 166 Å². The molecule has 1 fully saturated rings. The Kier molecular flexibility index (Phi) is 6.29. The molecule has 3 rings (SSSR count). The first-order chi connectivity index (χ1) is 13.7. The summed E-state index contributed by atoms with van der Waals surface area (Å²) in [6.45, 7) is 5.87. The van der Waals surface area contributed by atoms with E-state index in [4.69, 9.17) is 5.84 Å². The summed E-state index contributed by atoms with van der Waals surface area (Å²) in [4.78, 5) is 6.47. The summed E-state index contributed by atoms with van der Waals surface area (Å²) in [6.07, 6.45) is -2.96. The van der Waals surface area contributed by atoms with Crippen LogP contribution in [0.4, 0.5) is 18.9 Å². The van der Waals surface area contributed by atoms with Crippen molar-refractivity contribution in [3.8, 4) is 0 Å². The van der Waals surface area contributed by atoms with Crippen molar-refractivity contribution >= 4 is 5.69 Å². The van der Waals surface area contributed by atoms with Crippen LogP contribution in [0.15, 0.2) is 59.9 Å². The third-order valence-electron chi connectivity index (χ3n) is 4.71. The van der Waals surface area contributed by atoms with Crippen LogP contribution in [0.1, 0.15) is 24.1 Å². The maximum atomic E-state index is 12.7. The van der Waals surface area contributed by atoms with Crippen LogP contribution in [-0.2, 0) is 12.7 Å². The van der Waals surface area contributed by atoms with Crippen LogP contribution in [0.3, 0.4) is 0 Å². The van der Waals surface area contributed by atoms with Gasteiger partial charge in [0, 0.05) is 18.8 Å². The number of nitrogens with two attached hydrogens (primary N) is 1. The minimum atomic E-state index is -4.38. The van der Waals surface area contributed by atoms with E-state index in [1.165, 1.54) is 16.8 Å². The summed E-state index contributed by atoms with van der Waals surface area (Å²) in [5.74, 6) is 6.43. The summed E-state index contributed by atoms with van der Waals surface area (Å²) in [5.41, 5.74) is 0.988. The minimum absolute atomic E-state index is 0.245. The first-order valence-electron chi connectivity index (χ1n) is 9.27. The summed E-state index contributed by atoms with van der Waals surface area (Å²) in [7, 11) is 0. The lowest BCUT2D eigenvalue weighted by atomic mass is 10.1. The second-order valence-electron chi connectivity index (χ2n) is 7.04. The Balaban J connectivity index is 1.71. The van der Waals surface area contributed by atoms with Crippen molar-refractivity contribution in [2.24, 2.45) is 4.99 Å². The van der Waals surface area contributed by atoms with E-state index in [-0.39, 0.29) is 11.9 Å². The fraction of sp³-hybridized carbons (Fsp3) is 0.350. The van der Waals surface area contributed by atoms with Crippen molar-refractivity contribution in [2.45, 2.75) is 31.7 Å². The molecule has 0 spiro atoms. The second-order valence-corrected chi connectivity index (χ2v) is 7.04. The molecule has 1 aromatic carbocycles. The summed E-state index contributed by atoms with van der Waals surface area (Å²) < 4.78 is 39.4. The molecule has 0 aliphatic carbocycles. The molecule has 2 aromatic rings. The van der Waals surface area contributed by atoms with Gasteiger partial charge >= 0.3 is 6.18 Å². The van der Waals surface area contributed by atoms with E-state index in [9.17, 15) is 18.3 Å². The van der Waals surface area contributed by atoms with Gasteiger partial charge in [-0.25, -0.2) is 9.67 Å². The normalized spacial score (nSPS) is 18.6. The lowest BCUT2D eigenvalue weighted by molar-refractivity contribution is -0.137. The summed E-state index contributed by atoms with van der Waals surface area (Å²) >= 11 is 0. The Bertz CT molecular complexity index is 921. The zero-order valence-electron chi connectivity index (χ0n) is 15.9. The highest BCUT2D eigenvalue weighted by Crippen LogP contribution is 2.29. The van der Waals surface area contributed by atoms with Crippen LogP contribution in [0.2, 0.25) is 0 Å². The fourth-order valence-corrected chi connectivity index (χ4v) is 3.25. The van der Waals surface area contributed by atoms with Crippen molar-refractivity contribution < 1.29 is 18.3 Å². The molecule has 0 saturated carbocycles. The van der Waals surface area contributed by atoms with E-state index in [0.717, 1.165) is 37.2 Å². The van der Waals surface area contributed by atoms with Crippen LogP contribution in [0, 0.1) is 0 Å². The molecule has 2 heterocycles. The average molecular weight is 407 g/mol. The van der Waals surface area contributed by atoms with E-state index in [2.05, 4.69) is 21.8 Å². The van der Waals surface area contributed by atoms with Crippen molar-refractivity contribution in [1.82, 2.24) is 9.58 Å². The number of rotatable bonds is 5. The van der Waals surface area contributed by atoms with Crippen molar-refractivity contribution in [3.63, 3.8) is 0 Å². The zero-order chi connectivity index (χ0) is 21.0. The van der Waals surface area contributed by atoms with Gasteiger partial charge in [-0.15, -0.1) is 0 Å². The number of aliphatic hydroxyl groups is 1. The van der Waals surface area contributed by atoms with Gasteiger partial charge in [0.1, 0.15) is 5.82 Å². The van der Waals surface area contributed by atoms with Gasteiger partial charge in [-0.05, 0) is 55.8 Å². The van der Waals surface area contributed by atoms with Crippen LogP contribution in [0.5, 0.6) is 0 Å². The van der Waals surface area contributed by atoms with Crippen LogP contribution >= 0.6 is 0 Å². The molecule has 156 valence electrons. The number of β-amino-alcohol motifs (C(OH)–C–C–N with tert-alkyl or cyclic N) is 1. The smallest absolute Gasteiger partial charge is 0.392 e. The monoisotopic (exact) mass is 407 g/mol. The molecular formula is C20H24F3N5O. The molecule has 0 unspecified atom stereocenters. The number of piperidine rings is 1. The summed E-state index contributed by atoms with van der Waals surface area (Å²) in [5, 5.41) is 12.7. The van der Waals surface area contributed by atoms with Gasteiger partial charge in [-0.2, -0.15) is 13.2 Å². The molecule has 6 nitrogen and oxygen atoms in total. The van der Waals surface area contributed by atoms with Crippen LogP contribution in [-0.4, -0.2) is 33.9 Å². The number of benzene rings is 1. The summed E-state index contributed by atoms with van der Waals surface area (Å²) in [6, 6.07) is 10.0.